The molecule has 0 bridgehead atoms. The second-order valence-electron chi connectivity index (χ2n) is 3.45. The largest absolute Gasteiger partial charge is 0.492 e. The summed E-state index contributed by atoms with van der Waals surface area (Å²) in [6.07, 6.45) is 0. The number of ether oxygens (including phenoxy) is 2. The summed E-state index contributed by atoms with van der Waals surface area (Å²) in [7, 11) is 2.80. The van der Waals surface area contributed by atoms with Gasteiger partial charge in [-0.15, -0.1) is 0 Å². The van der Waals surface area contributed by atoms with Crippen LogP contribution in [0.25, 0.3) is 0 Å². The topological polar surface area (TPSA) is 64.7 Å². The van der Waals surface area contributed by atoms with Crippen LogP contribution in [0.15, 0.2) is 6.07 Å². The van der Waals surface area contributed by atoms with Crippen molar-refractivity contribution in [3.8, 4) is 11.5 Å². The van der Waals surface area contributed by atoms with Crippen LogP contribution in [0.1, 0.15) is 17.2 Å². The Morgan fingerprint density at radius 2 is 1.94 bits per heavy atom. The highest BCUT2D eigenvalue weighted by molar-refractivity contribution is 5.50. The summed E-state index contributed by atoms with van der Waals surface area (Å²) in [5.41, 5.74) is 6.52. The Labute approximate surface area is 93.8 Å². The molecule has 0 saturated heterocycles. The fraction of sp³-hybridized carbons (Fsp3) is 0.455. The molecule has 0 saturated carbocycles. The fourth-order valence-electron chi connectivity index (χ4n) is 1.58. The standard InChI is InChI=1S/C11H16FNO3/c1-6-4-7(8(13)5-14)9(12)11(16-3)10(6)15-2/h4,8,14H,5,13H2,1-3H3. The van der Waals surface area contributed by atoms with Gasteiger partial charge < -0.3 is 20.3 Å². The van der Waals surface area contributed by atoms with Gasteiger partial charge in [-0.1, -0.05) is 0 Å². The van der Waals surface area contributed by atoms with E-state index in [1.54, 1.807) is 13.0 Å². The van der Waals surface area contributed by atoms with Crippen molar-refractivity contribution in [1.82, 2.24) is 0 Å². The lowest BCUT2D eigenvalue weighted by Crippen LogP contribution is -2.17. The highest BCUT2D eigenvalue weighted by Gasteiger charge is 2.21. The Morgan fingerprint density at radius 3 is 2.38 bits per heavy atom. The minimum atomic E-state index is -0.765. The average molecular weight is 229 g/mol. The Hall–Kier alpha value is -1.33. The average Bonchev–Trinajstić information content (AvgIpc) is 2.29. The molecule has 90 valence electrons. The van der Waals surface area contributed by atoms with Crippen molar-refractivity contribution in [2.45, 2.75) is 13.0 Å². The molecule has 1 aromatic carbocycles. The molecule has 5 heteroatoms. The molecule has 0 aliphatic rings. The fourth-order valence-corrected chi connectivity index (χ4v) is 1.58. The highest BCUT2D eigenvalue weighted by atomic mass is 19.1. The summed E-state index contributed by atoms with van der Waals surface area (Å²) < 4.78 is 23.9. The van der Waals surface area contributed by atoms with Crippen molar-refractivity contribution in [2.75, 3.05) is 20.8 Å². The number of nitrogens with two attached hydrogens (primary N) is 1. The minimum Gasteiger partial charge on any atom is -0.492 e. The summed E-state index contributed by atoms with van der Waals surface area (Å²) in [4.78, 5) is 0. The zero-order valence-electron chi connectivity index (χ0n) is 9.58. The molecule has 1 unspecified atom stereocenters. The van der Waals surface area contributed by atoms with Crippen LogP contribution in [0.5, 0.6) is 11.5 Å². The maximum atomic E-state index is 13.9. The van der Waals surface area contributed by atoms with Crippen molar-refractivity contribution in [2.24, 2.45) is 5.73 Å². The molecule has 16 heavy (non-hydrogen) atoms. The number of halogens is 1. The smallest absolute Gasteiger partial charge is 0.197 e. The number of aryl methyl sites for hydroxylation is 1. The van der Waals surface area contributed by atoms with Gasteiger partial charge in [-0.25, -0.2) is 4.39 Å². The van der Waals surface area contributed by atoms with Crippen LogP contribution in [0.3, 0.4) is 0 Å². The molecule has 0 aliphatic heterocycles. The number of rotatable bonds is 4. The summed E-state index contributed by atoms with van der Waals surface area (Å²) in [6.45, 7) is 1.43. The van der Waals surface area contributed by atoms with Gasteiger partial charge in [-0.05, 0) is 18.6 Å². The first kappa shape index (κ1) is 12.7. The van der Waals surface area contributed by atoms with E-state index >= 15 is 0 Å². The van der Waals surface area contributed by atoms with Gasteiger partial charge >= 0.3 is 0 Å². The van der Waals surface area contributed by atoms with E-state index in [0.29, 0.717) is 11.3 Å². The summed E-state index contributed by atoms with van der Waals surface area (Å²) in [5, 5.41) is 8.93. The van der Waals surface area contributed by atoms with Gasteiger partial charge in [0.15, 0.2) is 17.3 Å². The van der Waals surface area contributed by atoms with Crippen LogP contribution in [-0.2, 0) is 0 Å². The van der Waals surface area contributed by atoms with Crippen LogP contribution < -0.4 is 15.2 Å². The van der Waals surface area contributed by atoms with E-state index in [1.165, 1.54) is 14.2 Å². The first-order valence-electron chi connectivity index (χ1n) is 4.84. The number of aliphatic hydroxyl groups excluding tert-OH is 1. The first-order chi connectivity index (χ1) is 7.56. The second kappa shape index (κ2) is 5.14. The molecule has 0 radical (unpaired) electrons. The van der Waals surface area contributed by atoms with Gasteiger partial charge in [0.25, 0.3) is 0 Å². The predicted molar refractivity (Wildman–Crippen MR) is 58.3 cm³/mol. The van der Waals surface area contributed by atoms with Crippen LogP contribution in [0.4, 0.5) is 4.39 Å². The van der Waals surface area contributed by atoms with E-state index in [4.69, 9.17) is 20.3 Å². The number of hydrogen-bond donors (Lipinski definition) is 2. The second-order valence-corrected chi connectivity index (χ2v) is 3.45. The zero-order chi connectivity index (χ0) is 12.3. The van der Waals surface area contributed by atoms with Crippen molar-refractivity contribution in [1.29, 1.82) is 0 Å². The van der Waals surface area contributed by atoms with Crippen LogP contribution >= 0.6 is 0 Å². The molecule has 0 amide bonds. The third-order valence-corrected chi connectivity index (χ3v) is 2.39. The molecule has 0 heterocycles. The molecule has 0 spiro atoms. The number of aliphatic hydroxyl groups is 1. The van der Waals surface area contributed by atoms with Crippen molar-refractivity contribution < 1.29 is 19.0 Å². The van der Waals surface area contributed by atoms with Crippen molar-refractivity contribution in [3.05, 3.63) is 23.0 Å². The molecule has 1 aromatic rings. The molecule has 1 atom stereocenters. The predicted octanol–water partition coefficient (Wildman–Crippen LogP) is 1.14. The van der Waals surface area contributed by atoms with E-state index in [2.05, 4.69) is 0 Å². The molecule has 0 aliphatic carbocycles. The lowest BCUT2D eigenvalue weighted by atomic mass is 10.0. The van der Waals surface area contributed by atoms with E-state index in [9.17, 15) is 4.39 Å². The number of hydrogen-bond acceptors (Lipinski definition) is 4. The lowest BCUT2D eigenvalue weighted by molar-refractivity contribution is 0.263. The lowest BCUT2D eigenvalue weighted by Gasteiger charge is -2.17. The maximum Gasteiger partial charge on any atom is 0.197 e. The Kier molecular flexibility index (Phi) is 4.09. The van der Waals surface area contributed by atoms with E-state index < -0.39 is 11.9 Å². The van der Waals surface area contributed by atoms with E-state index in [1.807, 2.05) is 0 Å². The van der Waals surface area contributed by atoms with E-state index in [0.717, 1.165) is 0 Å². The summed E-state index contributed by atoms with van der Waals surface area (Å²) in [6, 6.07) is 0.788. The summed E-state index contributed by atoms with van der Waals surface area (Å²) in [5.74, 6) is -0.234. The number of methoxy groups -OCH3 is 2. The minimum absolute atomic E-state index is 0.0152. The Bertz CT molecular complexity index is 382. The molecule has 0 aromatic heterocycles. The third kappa shape index (κ3) is 2.10. The Balaban J connectivity index is 3.39. The van der Waals surface area contributed by atoms with Crippen LogP contribution in [0.2, 0.25) is 0 Å². The molecular weight excluding hydrogens is 213 g/mol. The zero-order valence-corrected chi connectivity index (χ0v) is 9.58. The number of benzene rings is 1. The summed E-state index contributed by atoms with van der Waals surface area (Å²) >= 11 is 0. The van der Waals surface area contributed by atoms with Crippen molar-refractivity contribution in [3.63, 3.8) is 0 Å². The van der Waals surface area contributed by atoms with Crippen molar-refractivity contribution >= 4 is 0 Å². The van der Waals surface area contributed by atoms with Gasteiger partial charge in [0.2, 0.25) is 0 Å². The quantitative estimate of drug-likeness (QED) is 0.812. The van der Waals surface area contributed by atoms with Gasteiger partial charge in [0, 0.05) is 5.56 Å². The van der Waals surface area contributed by atoms with Gasteiger partial charge in [-0.2, -0.15) is 0 Å². The van der Waals surface area contributed by atoms with Crippen LogP contribution in [0, 0.1) is 12.7 Å². The molecular formula is C11H16FNO3. The SMILES string of the molecule is COc1c(C)cc(C(N)CO)c(F)c1OC. The molecule has 0 fully saturated rings. The normalized spacial score (nSPS) is 12.4. The molecule has 4 nitrogen and oxygen atoms in total. The van der Waals surface area contributed by atoms with E-state index in [-0.39, 0.29) is 17.9 Å². The monoisotopic (exact) mass is 229 g/mol. The van der Waals surface area contributed by atoms with Crippen LogP contribution in [-0.4, -0.2) is 25.9 Å². The molecule has 1 rings (SSSR count). The van der Waals surface area contributed by atoms with Gasteiger partial charge in [-0.3, -0.25) is 0 Å². The third-order valence-electron chi connectivity index (χ3n) is 2.39. The van der Waals surface area contributed by atoms with Gasteiger partial charge in [0.05, 0.1) is 26.9 Å². The van der Waals surface area contributed by atoms with Gasteiger partial charge in [0.1, 0.15) is 0 Å². The first-order valence-corrected chi connectivity index (χ1v) is 4.84. The maximum absolute atomic E-state index is 13.9. The highest BCUT2D eigenvalue weighted by Crippen LogP contribution is 2.37. The Morgan fingerprint density at radius 1 is 1.38 bits per heavy atom. The molecule has 3 N–H and O–H groups in total.